The van der Waals surface area contributed by atoms with Crippen molar-refractivity contribution in [2.75, 3.05) is 50.5 Å². The number of nitrogens with zero attached hydrogens (tertiary/aromatic N) is 6. The largest absolute Gasteiger partial charge is 0.461 e. The van der Waals surface area contributed by atoms with Crippen molar-refractivity contribution in [1.29, 1.82) is 0 Å². The van der Waals surface area contributed by atoms with Crippen LogP contribution in [0.15, 0.2) is 30.5 Å². The third kappa shape index (κ3) is 4.40. The summed E-state index contributed by atoms with van der Waals surface area (Å²) in [6.07, 6.45) is 3.66. The number of rotatable bonds is 6. The molecule has 3 saturated heterocycles. The van der Waals surface area contributed by atoms with Crippen LogP contribution in [0.1, 0.15) is 25.7 Å². The van der Waals surface area contributed by atoms with E-state index in [1.165, 1.54) is 18.3 Å². The number of benzene rings is 1. The summed E-state index contributed by atoms with van der Waals surface area (Å²) in [5.41, 5.74) is 5.41. The standard InChI is InChI=1S/C29H31F3N8O/c1-39(18-6-8-34-12-18)27-19-13-35-26(25-22-16(10-21(33)36-25)4-2-5-20(22)31)23(32)24(19)37-28(38-27)41-15-29-7-3-9-40(29)14-17(30)11-29/h2,4-5,10,13,17-18,34H,3,6-9,11-12,14-15H2,1H3,(H2,33,36)/t17-,18-,29+/m1/s1. The third-order valence-corrected chi connectivity index (χ3v) is 8.84. The average molecular weight is 565 g/mol. The number of pyridine rings is 2. The fourth-order valence-corrected chi connectivity index (χ4v) is 6.77. The number of alkyl halides is 1. The van der Waals surface area contributed by atoms with Crippen LogP contribution in [0.4, 0.5) is 24.8 Å². The van der Waals surface area contributed by atoms with Crippen molar-refractivity contribution in [1.82, 2.24) is 30.2 Å². The highest BCUT2D eigenvalue weighted by atomic mass is 19.1. The zero-order chi connectivity index (χ0) is 28.3. The molecule has 0 spiro atoms. The summed E-state index contributed by atoms with van der Waals surface area (Å²) in [6.45, 7) is 3.04. The van der Waals surface area contributed by atoms with E-state index in [1.54, 1.807) is 12.1 Å². The molecule has 41 heavy (non-hydrogen) atoms. The summed E-state index contributed by atoms with van der Waals surface area (Å²) >= 11 is 0. The minimum atomic E-state index is -0.903. The van der Waals surface area contributed by atoms with Gasteiger partial charge < -0.3 is 20.7 Å². The quantitative estimate of drug-likeness (QED) is 0.361. The van der Waals surface area contributed by atoms with Crippen LogP contribution < -0.4 is 20.7 Å². The summed E-state index contributed by atoms with van der Waals surface area (Å²) in [5.74, 6) is -0.746. The van der Waals surface area contributed by atoms with Gasteiger partial charge in [0.05, 0.1) is 10.9 Å². The summed E-state index contributed by atoms with van der Waals surface area (Å²) in [6, 6.07) is 6.20. The zero-order valence-electron chi connectivity index (χ0n) is 22.7. The summed E-state index contributed by atoms with van der Waals surface area (Å²) in [4.78, 5) is 22.0. The summed E-state index contributed by atoms with van der Waals surface area (Å²) in [5, 5.41) is 4.34. The fourth-order valence-electron chi connectivity index (χ4n) is 6.77. The molecule has 3 aliphatic rings. The Bertz CT molecular complexity index is 1650. The number of anilines is 2. The van der Waals surface area contributed by atoms with Gasteiger partial charge in [0.15, 0.2) is 5.82 Å². The van der Waals surface area contributed by atoms with Crippen LogP contribution in [0.25, 0.3) is 33.1 Å². The normalized spacial score (nSPS) is 24.4. The highest BCUT2D eigenvalue weighted by molar-refractivity contribution is 5.98. The van der Waals surface area contributed by atoms with Gasteiger partial charge in [0.1, 0.15) is 47.1 Å². The van der Waals surface area contributed by atoms with E-state index >= 15 is 4.39 Å². The van der Waals surface area contributed by atoms with Crippen molar-refractivity contribution in [3.05, 3.63) is 42.1 Å². The van der Waals surface area contributed by atoms with E-state index in [1.807, 2.05) is 11.9 Å². The zero-order valence-corrected chi connectivity index (χ0v) is 22.7. The highest BCUT2D eigenvalue weighted by Crippen LogP contribution is 2.41. The van der Waals surface area contributed by atoms with Crippen LogP contribution in [-0.4, -0.2) is 82.4 Å². The molecule has 7 rings (SSSR count). The molecule has 3 aromatic heterocycles. The maximum Gasteiger partial charge on any atom is 0.319 e. The molecule has 3 fully saturated rings. The molecule has 0 saturated carbocycles. The first-order valence-corrected chi connectivity index (χ1v) is 14.0. The summed E-state index contributed by atoms with van der Waals surface area (Å²) < 4.78 is 51.9. The lowest BCUT2D eigenvalue weighted by Crippen LogP contribution is -2.43. The Labute approximate surface area is 234 Å². The van der Waals surface area contributed by atoms with Crippen molar-refractivity contribution in [2.24, 2.45) is 0 Å². The fraction of sp³-hybridized carbons (Fsp3) is 0.448. The van der Waals surface area contributed by atoms with Gasteiger partial charge in [-0.1, -0.05) is 12.1 Å². The number of fused-ring (bicyclic) bond motifs is 3. The number of hydrogen-bond acceptors (Lipinski definition) is 9. The maximum atomic E-state index is 16.5. The molecule has 0 unspecified atom stereocenters. The van der Waals surface area contributed by atoms with Gasteiger partial charge in [0, 0.05) is 44.2 Å². The van der Waals surface area contributed by atoms with Crippen molar-refractivity contribution < 1.29 is 17.9 Å². The van der Waals surface area contributed by atoms with Crippen molar-refractivity contribution in [3.63, 3.8) is 0 Å². The monoisotopic (exact) mass is 564 g/mol. The van der Waals surface area contributed by atoms with Gasteiger partial charge in [-0.2, -0.15) is 9.97 Å². The number of nitrogens with two attached hydrogens (primary N) is 1. The Balaban J connectivity index is 1.36. The Kier molecular flexibility index (Phi) is 6.35. The van der Waals surface area contributed by atoms with Gasteiger partial charge in [0.25, 0.3) is 0 Å². The number of likely N-dealkylation sites (N-methyl/N-ethyl adjacent to an activating group) is 1. The SMILES string of the molecule is CN(c1nc(OC[C@@]23CCCN2C[C@H](F)C3)nc2c(F)c(-c3nc(N)cc4cccc(F)c34)ncc12)[C@@H]1CCNC1. The maximum absolute atomic E-state index is 16.5. The molecular weight excluding hydrogens is 533 g/mol. The van der Waals surface area contributed by atoms with E-state index in [0.29, 0.717) is 29.6 Å². The van der Waals surface area contributed by atoms with Crippen LogP contribution in [0.2, 0.25) is 0 Å². The molecule has 0 amide bonds. The first-order valence-electron chi connectivity index (χ1n) is 14.0. The van der Waals surface area contributed by atoms with E-state index in [0.717, 1.165) is 38.9 Å². The van der Waals surface area contributed by atoms with Gasteiger partial charge in [-0.15, -0.1) is 0 Å². The molecular formula is C29H31F3N8O. The lowest BCUT2D eigenvalue weighted by Gasteiger charge is -2.31. The van der Waals surface area contributed by atoms with Crippen LogP contribution in [0.3, 0.4) is 0 Å². The van der Waals surface area contributed by atoms with E-state index in [-0.39, 0.29) is 46.8 Å². The molecule has 1 aromatic carbocycles. The first-order chi connectivity index (χ1) is 19.8. The second-order valence-electron chi connectivity index (χ2n) is 11.4. The first kappa shape index (κ1) is 26.1. The Morgan fingerprint density at radius 1 is 1.22 bits per heavy atom. The number of aromatic nitrogens is 4. The van der Waals surface area contributed by atoms with Crippen LogP contribution in [0, 0.1) is 11.6 Å². The minimum Gasteiger partial charge on any atom is -0.461 e. The molecule has 214 valence electrons. The minimum absolute atomic E-state index is 0.00135. The van der Waals surface area contributed by atoms with Crippen molar-refractivity contribution in [3.8, 4) is 17.4 Å². The molecule has 3 aliphatic heterocycles. The van der Waals surface area contributed by atoms with Crippen molar-refractivity contribution in [2.45, 2.75) is 43.4 Å². The van der Waals surface area contributed by atoms with E-state index < -0.39 is 23.3 Å². The molecule has 0 bridgehead atoms. The summed E-state index contributed by atoms with van der Waals surface area (Å²) in [7, 11) is 1.90. The van der Waals surface area contributed by atoms with Crippen LogP contribution in [0.5, 0.6) is 6.01 Å². The molecule has 0 radical (unpaired) electrons. The molecule has 9 nitrogen and oxygen atoms in total. The molecule has 3 N–H and O–H groups in total. The number of halogens is 3. The third-order valence-electron chi connectivity index (χ3n) is 8.84. The Hall–Kier alpha value is -3.77. The second-order valence-corrected chi connectivity index (χ2v) is 11.4. The number of hydrogen-bond donors (Lipinski definition) is 2. The van der Waals surface area contributed by atoms with E-state index in [2.05, 4.69) is 25.2 Å². The lowest BCUT2D eigenvalue weighted by atomic mass is 9.95. The second kappa shape index (κ2) is 9.95. The van der Waals surface area contributed by atoms with Gasteiger partial charge >= 0.3 is 6.01 Å². The molecule has 12 heteroatoms. The lowest BCUT2D eigenvalue weighted by molar-refractivity contribution is 0.107. The Morgan fingerprint density at radius 2 is 2.10 bits per heavy atom. The van der Waals surface area contributed by atoms with Gasteiger partial charge in [-0.3, -0.25) is 9.88 Å². The highest BCUT2D eigenvalue weighted by Gasteiger charge is 2.49. The van der Waals surface area contributed by atoms with Crippen LogP contribution >= 0.6 is 0 Å². The number of nitrogen functional groups attached to an aromatic ring is 1. The van der Waals surface area contributed by atoms with Gasteiger partial charge in [0.2, 0.25) is 0 Å². The van der Waals surface area contributed by atoms with E-state index in [4.69, 9.17) is 15.5 Å². The topological polar surface area (TPSA) is 105 Å². The predicted octanol–water partition coefficient (Wildman–Crippen LogP) is 3.85. The van der Waals surface area contributed by atoms with Crippen LogP contribution in [-0.2, 0) is 0 Å². The molecule has 0 aliphatic carbocycles. The predicted molar refractivity (Wildman–Crippen MR) is 151 cm³/mol. The average Bonchev–Trinajstić information content (AvgIpc) is 3.68. The molecule has 4 aromatic rings. The van der Waals surface area contributed by atoms with Gasteiger partial charge in [-0.05, 0) is 49.9 Å². The number of ether oxygens (including phenoxy) is 1. The smallest absolute Gasteiger partial charge is 0.319 e. The molecule has 6 heterocycles. The Morgan fingerprint density at radius 3 is 2.93 bits per heavy atom. The van der Waals surface area contributed by atoms with Gasteiger partial charge in [-0.25, -0.2) is 18.2 Å². The van der Waals surface area contributed by atoms with E-state index in [9.17, 15) is 8.78 Å². The number of nitrogens with one attached hydrogen (secondary N) is 1. The molecule has 3 atom stereocenters. The van der Waals surface area contributed by atoms with Crippen molar-refractivity contribution >= 4 is 33.3 Å².